The maximum absolute atomic E-state index is 14.1. The van der Waals surface area contributed by atoms with Crippen molar-refractivity contribution in [3.8, 4) is 5.75 Å². The topological polar surface area (TPSA) is 120 Å². The normalized spacial score (nSPS) is 24.3. The van der Waals surface area contributed by atoms with Crippen LogP contribution in [0.15, 0.2) is 34.3 Å². The molecule has 3 atom stereocenters. The van der Waals surface area contributed by atoms with Crippen molar-refractivity contribution in [1.29, 1.82) is 0 Å². The summed E-state index contributed by atoms with van der Waals surface area (Å²) in [5, 5.41) is 21.3. The standard InChI is InChI=1S/C25H28F2N6O5/c1-13-7-8-25(33(30(3)4)14(2)29-38-25)19-12-31(13)24(37)20-22(35)21(34)17(11-32(19)20)23(36)28-10-15-5-6-16(26)9-18(15)27/h5-6,9,11,13,19,35H,7-8,10,12H2,1-4H3,(H,28,36)/t13-,19+,25?/m0/s1. The molecule has 3 aliphatic rings. The number of hydrogen-bond acceptors (Lipinski definition) is 8. The van der Waals surface area contributed by atoms with Crippen LogP contribution in [-0.2, 0) is 11.4 Å². The highest BCUT2D eigenvalue weighted by molar-refractivity contribution is 5.99. The van der Waals surface area contributed by atoms with Gasteiger partial charge in [0, 0.05) is 57.5 Å². The largest absolute Gasteiger partial charge is 0.503 e. The maximum Gasteiger partial charge on any atom is 0.274 e. The summed E-state index contributed by atoms with van der Waals surface area (Å²) in [7, 11) is 3.65. The van der Waals surface area contributed by atoms with Crippen molar-refractivity contribution in [2.24, 2.45) is 5.16 Å². The van der Waals surface area contributed by atoms with Crippen LogP contribution in [-0.4, -0.2) is 74.6 Å². The zero-order chi connectivity index (χ0) is 27.5. The molecule has 1 fully saturated rings. The lowest BCUT2D eigenvalue weighted by Crippen LogP contribution is -2.61. The van der Waals surface area contributed by atoms with Crippen molar-refractivity contribution in [3.05, 3.63) is 63.1 Å². The molecule has 2 aromatic rings. The summed E-state index contributed by atoms with van der Waals surface area (Å²) in [6.45, 7) is 3.53. The smallest absolute Gasteiger partial charge is 0.274 e. The van der Waals surface area contributed by atoms with Gasteiger partial charge < -0.3 is 24.7 Å². The molecule has 1 unspecified atom stereocenters. The number of benzene rings is 1. The van der Waals surface area contributed by atoms with E-state index >= 15 is 0 Å². The van der Waals surface area contributed by atoms with Gasteiger partial charge in [-0.15, -0.1) is 0 Å². The minimum absolute atomic E-state index is 0.0122. The van der Waals surface area contributed by atoms with Gasteiger partial charge in [0.15, 0.2) is 17.3 Å². The fraction of sp³-hybridized carbons (Fsp3) is 0.440. The second kappa shape index (κ2) is 9.08. The van der Waals surface area contributed by atoms with Crippen LogP contribution in [0.1, 0.15) is 59.1 Å². The molecule has 38 heavy (non-hydrogen) atoms. The molecule has 2 bridgehead atoms. The molecule has 0 aliphatic carbocycles. The van der Waals surface area contributed by atoms with Gasteiger partial charge in [0.2, 0.25) is 11.2 Å². The number of carbonyl (C=O) groups is 2. The average Bonchev–Trinajstić information content (AvgIpc) is 3.14. The van der Waals surface area contributed by atoms with E-state index in [-0.39, 0.29) is 30.4 Å². The van der Waals surface area contributed by atoms with E-state index in [2.05, 4.69) is 10.5 Å². The Balaban J connectivity index is 1.59. The number of carbonyl (C=O) groups excluding carboxylic acids is 2. The Labute approximate surface area is 216 Å². The Hall–Kier alpha value is -4.00. The Morgan fingerprint density at radius 1 is 1.32 bits per heavy atom. The van der Waals surface area contributed by atoms with Gasteiger partial charge in [-0.3, -0.25) is 14.4 Å². The van der Waals surface area contributed by atoms with E-state index < -0.39 is 52.0 Å². The molecule has 4 heterocycles. The number of amidine groups is 1. The number of amides is 2. The van der Waals surface area contributed by atoms with Crippen LogP contribution >= 0.6 is 0 Å². The first kappa shape index (κ1) is 25.6. The van der Waals surface area contributed by atoms with Crippen molar-refractivity contribution in [3.63, 3.8) is 0 Å². The Morgan fingerprint density at radius 3 is 2.74 bits per heavy atom. The molecule has 1 spiro atoms. The molecule has 1 aromatic heterocycles. The van der Waals surface area contributed by atoms with Gasteiger partial charge >= 0.3 is 0 Å². The number of hydrogen-bond donors (Lipinski definition) is 2. The number of nitrogens with zero attached hydrogens (tertiary/aromatic N) is 5. The van der Waals surface area contributed by atoms with Gasteiger partial charge in [0.25, 0.3) is 11.8 Å². The van der Waals surface area contributed by atoms with Gasteiger partial charge in [-0.05, 0) is 26.3 Å². The monoisotopic (exact) mass is 530 g/mol. The van der Waals surface area contributed by atoms with Crippen LogP contribution in [0.5, 0.6) is 5.75 Å². The lowest BCUT2D eigenvalue weighted by Gasteiger charge is -2.47. The molecule has 11 nitrogen and oxygen atoms in total. The second-order valence-corrected chi connectivity index (χ2v) is 9.99. The third kappa shape index (κ3) is 3.80. The highest BCUT2D eigenvalue weighted by Gasteiger charge is 2.58. The van der Waals surface area contributed by atoms with Crippen LogP contribution in [0.3, 0.4) is 0 Å². The number of aromatic nitrogens is 1. The molecule has 0 saturated carbocycles. The quantitative estimate of drug-likeness (QED) is 0.619. The Kier molecular flexibility index (Phi) is 6.13. The molecule has 1 saturated heterocycles. The van der Waals surface area contributed by atoms with E-state index in [4.69, 9.17) is 4.84 Å². The van der Waals surface area contributed by atoms with Gasteiger partial charge in [-0.2, -0.15) is 0 Å². The number of oxime groups is 1. The van der Waals surface area contributed by atoms with E-state index in [0.717, 1.165) is 6.07 Å². The van der Waals surface area contributed by atoms with E-state index in [0.29, 0.717) is 24.7 Å². The minimum Gasteiger partial charge on any atom is -0.503 e. The number of hydrazine groups is 1. The highest BCUT2D eigenvalue weighted by Crippen LogP contribution is 2.46. The van der Waals surface area contributed by atoms with Crippen molar-refractivity contribution in [2.45, 2.75) is 51.0 Å². The molecule has 13 heteroatoms. The van der Waals surface area contributed by atoms with Crippen LogP contribution < -0.4 is 10.7 Å². The first-order valence-corrected chi connectivity index (χ1v) is 12.2. The van der Waals surface area contributed by atoms with Crippen LogP contribution in [0, 0.1) is 11.6 Å². The molecule has 202 valence electrons. The fourth-order valence-electron chi connectivity index (χ4n) is 5.62. The average molecular weight is 531 g/mol. The summed E-state index contributed by atoms with van der Waals surface area (Å²) in [6, 6.07) is 2.05. The van der Waals surface area contributed by atoms with Crippen molar-refractivity contribution < 1.29 is 28.3 Å². The Morgan fingerprint density at radius 2 is 2.05 bits per heavy atom. The molecule has 5 rings (SSSR count). The zero-order valence-corrected chi connectivity index (χ0v) is 21.4. The maximum atomic E-state index is 14.1. The number of aromatic hydroxyl groups is 1. The Bertz CT molecular complexity index is 1430. The number of halogens is 2. The SMILES string of the molecule is CC1=NOC2(CC[C@H](C)N3C[C@H]2n2cc(C(=O)NCc4ccc(F)cc4F)c(=O)c(O)c2C3=O)N1N(C)C. The van der Waals surface area contributed by atoms with E-state index in [1.165, 1.54) is 16.8 Å². The van der Waals surface area contributed by atoms with Crippen LogP contribution in [0.25, 0.3) is 0 Å². The number of fused-ring (bicyclic) bond motifs is 5. The molecule has 0 radical (unpaired) electrons. The lowest BCUT2D eigenvalue weighted by molar-refractivity contribution is -0.191. The predicted octanol–water partition coefficient (Wildman–Crippen LogP) is 1.78. The van der Waals surface area contributed by atoms with Crippen LogP contribution in [0.2, 0.25) is 0 Å². The van der Waals surface area contributed by atoms with E-state index in [1.807, 2.05) is 31.0 Å². The van der Waals surface area contributed by atoms with Gasteiger partial charge in [-0.1, -0.05) is 11.2 Å². The summed E-state index contributed by atoms with van der Waals surface area (Å²) in [5.41, 5.74) is -2.80. The first-order valence-electron chi connectivity index (χ1n) is 12.2. The van der Waals surface area contributed by atoms with Gasteiger partial charge in [0.05, 0.1) is 0 Å². The van der Waals surface area contributed by atoms with Crippen molar-refractivity contribution in [1.82, 2.24) is 24.8 Å². The third-order valence-corrected chi connectivity index (χ3v) is 7.45. The predicted molar refractivity (Wildman–Crippen MR) is 131 cm³/mol. The number of nitrogens with one attached hydrogen (secondary N) is 1. The first-order chi connectivity index (χ1) is 18.0. The molecular weight excluding hydrogens is 502 g/mol. The second-order valence-electron chi connectivity index (χ2n) is 9.99. The van der Waals surface area contributed by atoms with Crippen molar-refractivity contribution >= 4 is 17.6 Å². The van der Waals surface area contributed by atoms with Gasteiger partial charge in [0.1, 0.15) is 23.2 Å². The summed E-state index contributed by atoms with van der Waals surface area (Å²) in [4.78, 5) is 47.2. The summed E-state index contributed by atoms with van der Waals surface area (Å²) < 4.78 is 28.7. The third-order valence-electron chi connectivity index (χ3n) is 7.45. The van der Waals surface area contributed by atoms with E-state index in [1.54, 1.807) is 11.8 Å². The number of pyridine rings is 1. The van der Waals surface area contributed by atoms with Crippen LogP contribution in [0.4, 0.5) is 8.78 Å². The van der Waals surface area contributed by atoms with Gasteiger partial charge in [-0.25, -0.2) is 18.8 Å². The number of rotatable bonds is 4. The summed E-state index contributed by atoms with van der Waals surface area (Å²) >= 11 is 0. The summed E-state index contributed by atoms with van der Waals surface area (Å²) in [6.07, 6.45) is 2.25. The minimum atomic E-state index is -1.10. The molecule has 1 aromatic carbocycles. The molecule has 2 N–H and O–H groups in total. The fourth-order valence-corrected chi connectivity index (χ4v) is 5.62. The summed E-state index contributed by atoms with van der Waals surface area (Å²) in [5.74, 6) is -3.32. The molecular formula is C25H28F2N6O5. The van der Waals surface area contributed by atoms with E-state index in [9.17, 15) is 28.3 Å². The molecule has 2 amide bonds. The highest BCUT2D eigenvalue weighted by atomic mass is 19.1. The lowest BCUT2D eigenvalue weighted by atomic mass is 9.95. The zero-order valence-electron chi connectivity index (χ0n) is 21.4. The molecule has 3 aliphatic heterocycles. The van der Waals surface area contributed by atoms with Crippen molar-refractivity contribution in [2.75, 3.05) is 20.6 Å².